The van der Waals surface area contributed by atoms with Gasteiger partial charge in [-0.3, -0.25) is 19.8 Å². The summed E-state index contributed by atoms with van der Waals surface area (Å²) in [4.78, 5) is 37.5. The van der Waals surface area contributed by atoms with Gasteiger partial charge in [0.05, 0.1) is 0 Å². The first kappa shape index (κ1) is 18.4. The van der Waals surface area contributed by atoms with E-state index < -0.39 is 17.5 Å². The van der Waals surface area contributed by atoms with Crippen LogP contribution >= 0.6 is 23.1 Å². The molecule has 1 aliphatic heterocycles. The molecule has 0 aromatic carbocycles. The van der Waals surface area contributed by atoms with Crippen LogP contribution in [0.25, 0.3) is 0 Å². The summed E-state index contributed by atoms with van der Waals surface area (Å²) >= 11 is 2.68. The minimum absolute atomic E-state index is 0.330. The van der Waals surface area contributed by atoms with Gasteiger partial charge in [0.25, 0.3) is 5.91 Å². The lowest BCUT2D eigenvalue weighted by Gasteiger charge is -2.22. The fourth-order valence-electron chi connectivity index (χ4n) is 2.30. The number of nitrogens with one attached hydrogen (secondary N) is 2. The number of aromatic nitrogens is 2. The highest BCUT2D eigenvalue weighted by molar-refractivity contribution is 8.01. The van der Waals surface area contributed by atoms with Crippen LogP contribution in [0.15, 0.2) is 17.0 Å². The van der Waals surface area contributed by atoms with E-state index in [2.05, 4.69) is 27.4 Å². The lowest BCUT2D eigenvalue weighted by atomic mass is 9.93. The Morgan fingerprint density at radius 1 is 1.42 bits per heavy atom. The number of urea groups is 1. The van der Waals surface area contributed by atoms with Gasteiger partial charge in [-0.15, -0.1) is 16.8 Å². The molecule has 4 amide bonds. The van der Waals surface area contributed by atoms with Crippen LogP contribution < -0.4 is 10.6 Å². The predicted molar refractivity (Wildman–Crippen MR) is 93.0 cm³/mol. The molecule has 0 unspecified atom stereocenters. The fraction of sp³-hybridized carbons (Fsp3) is 0.500. The van der Waals surface area contributed by atoms with Crippen LogP contribution in [-0.4, -0.2) is 50.8 Å². The Balaban J connectivity index is 1.97. The van der Waals surface area contributed by atoms with E-state index in [1.807, 2.05) is 13.8 Å². The standard InChI is InChI=1S/C14H19N5O3S2/c1-4-7-23-13-18-17-11(24-13)15-9(20)8-19-10(21)14(5-2,6-3)16-12(19)22/h4H,1,5-8H2,2-3H3,(H,16,22)(H,15,17,20). The predicted octanol–water partition coefficient (Wildman–Crippen LogP) is 1.87. The molecule has 0 atom stereocenters. The van der Waals surface area contributed by atoms with Crippen LogP contribution in [0.2, 0.25) is 0 Å². The van der Waals surface area contributed by atoms with Crippen molar-refractivity contribution in [1.82, 2.24) is 20.4 Å². The number of hydrogen-bond donors (Lipinski definition) is 2. The smallest absolute Gasteiger partial charge is 0.323 e. The Labute approximate surface area is 148 Å². The molecule has 2 heterocycles. The van der Waals surface area contributed by atoms with Gasteiger partial charge in [0.2, 0.25) is 11.0 Å². The minimum atomic E-state index is -0.908. The van der Waals surface area contributed by atoms with Gasteiger partial charge >= 0.3 is 6.03 Å². The summed E-state index contributed by atoms with van der Waals surface area (Å²) in [5.41, 5.74) is -0.908. The van der Waals surface area contributed by atoms with E-state index in [1.54, 1.807) is 6.08 Å². The van der Waals surface area contributed by atoms with Crippen LogP contribution in [0, 0.1) is 0 Å². The number of rotatable bonds is 8. The first-order valence-corrected chi connectivity index (χ1v) is 9.27. The topological polar surface area (TPSA) is 104 Å². The molecule has 0 bridgehead atoms. The quantitative estimate of drug-likeness (QED) is 0.314. The summed E-state index contributed by atoms with van der Waals surface area (Å²) in [6, 6.07) is -0.543. The lowest BCUT2D eigenvalue weighted by Crippen LogP contribution is -2.46. The summed E-state index contributed by atoms with van der Waals surface area (Å²) in [6.07, 6.45) is 2.70. The first-order chi connectivity index (χ1) is 11.5. The normalized spacial score (nSPS) is 16.2. The molecule has 0 aliphatic carbocycles. The largest absolute Gasteiger partial charge is 0.325 e. The molecule has 2 rings (SSSR count). The average molecular weight is 369 g/mol. The van der Waals surface area contributed by atoms with Gasteiger partial charge < -0.3 is 5.32 Å². The van der Waals surface area contributed by atoms with E-state index in [0.29, 0.717) is 28.1 Å². The van der Waals surface area contributed by atoms with E-state index in [4.69, 9.17) is 0 Å². The van der Waals surface area contributed by atoms with Crippen molar-refractivity contribution < 1.29 is 14.4 Å². The van der Waals surface area contributed by atoms with Gasteiger partial charge in [0.15, 0.2) is 4.34 Å². The first-order valence-electron chi connectivity index (χ1n) is 7.47. The molecule has 0 radical (unpaired) electrons. The molecule has 0 spiro atoms. The Kier molecular flexibility index (Phi) is 5.94. The van der Waals surface area contributed by atoms with Crippen molar-refractivity contribution in [2.75, 3.05) is 17.6 Å². The Hall–Kier alpha value is -1.94. The maximum atomic E-state index is 12.4. The average Bonchev–Trinajstić information content (AvgIpc) is 3.10. The molecule has 1 saturated heterocycles. The molecule has 24 heavy (non-hydrogen) atoms. The lowest BCUT2D eigenvalue weighted by molar-refractivity contribution is -0.134. The zero-order valence-electron chi connectivity index (χ0n) is 13.5. The van der Waals surface area contributed by atoms with Crippen molar-refractivity contribution in [2.45, 2.75) is 36.6 Å². The van der Waals surface area contributed by atoms with Crippen molar-refractivity contribution in [2.24, 2.45) is 0 Å². The summed E-state index contributed by atoms with van der Waals surface area (Å²) in [5, 5.41) is 13.4. The Morgan fingerprint density at radius 2 is 2.12 bits per heavy atom. The van der Waals surface area contributed by atoms with Crippen LogP contribution in [-0.2, 0) is 9.59 Å². The van der Waals surface area contributed by atoms with Crippen molar-refractivity contribution >= 4 is 46.1 Å². The van der Waals surface area contributed by atoms with Crippen LogP contribution in [0.5, 0.6) is 0 Å². The molecule has 1 aromatic rings. The van der Waals surface area contributed by atoms with E-state index in [1.165, 1.54) is 23.1 Å². The van der Waals surface area contributed by atoms with Gasteiger partial charge in [-0.05, 0) is 12.8 Å². The monoisotopic (exact) mass is 369 g/mol. The minimum Gasteiger partial charge on any atom is -0.323 e. The third-order valence-corrected chi connectivity index (χ3v) is 5.70. The fourth-order valence-corrected chi connectivity index (χ4v) is 3.83. The van der Waals surface area contributed by atoms with E-state index in [9.17, 15) is 14.4 Å². The highest BCUT2D eigenvalue weighted by Gasteiger charge is 2.49. The van der Waals surface area contributed by atoms with E-state index >= 15 is 0 Å². The highest BCUT2D eigenvalue weighted by atomic mass is 32.2. The molecular formula is C14H19N5O3S2. The summed E-state index contributed by atoms with van der Waals surface area (Å²) < 4.78 is 0.705. The Bertz CT molecular complexity index is 657. The molecule has 8 nitrogen and oxygen atoms in total. The molecule has 0 saturated carbocycles. The second-order valence-corrected chi connectivity index (χ2v) is 7.38. The van der Waals surface area contributed by atoms with Crippen LogP contribution in [0.1, 0.15) is 26.7 Å². The zero-order valence-corrected chi connectivity index (χ0v) is 15.1. The number of hydrogen-bond acceptors (Lipinski definition) is 7. The molecular weight excluding hydrogens is 350 g/mol. The zero-order chi connectivity index (χ0) is 17.7. The number of anilines is 1. The molecule has 1 aromatic heterocycles. The number of carbonyl (C=O) groups excluding carboxylic acids is 3. The number of nitrogens with zero attached hydrogens (tertiary/aromatic N) is 3. The molecule has 2 N–H and O–H groups in total. The second-order valence-electron chi connectivity index (χ2n) is 5.13. The number of thioether (sulfide) groups is 1. The SMILES string of the molecule is C=CCSc1nnc(NC(=O)CN2C(=O)NC(CC)(CC)C2=O)s1. The van der Waals surface area contributed by atoms with Gasteiger partial charge in [-0.1, -0.05) is 43.0 Å². The summed E-state index contributed by atoms with van der Waals surface area (Å²) in [7, 11) is 0. The van der Waals surface area contributed by atoms with Crippen LogP contribution in [0.4, 0.5) is 9.93 Å². The van der Waals surface area contributed by atoms with Gasteiger partial charge in [0.1, 0.15) is 12.1 Å². The van der Waals surface area contributed by atoms with Crippen molar-refractivity contribution in [3.8, 4) is 0 Å². The second kappa shape index (κ2) is 7.75. The number of imide groups is 1. The molecule has 130 valence electrons. The summed E-state index contributed by atoms with van der Waals surface area (Å²) in [5.74, 6) is -0.161. The highest BCUT2D eigenvalue weighted by Crippen LogP contribution is 2.26. The molecule has 10 heteroatoms. The number of carbonyl (C=O) groups is 3. The number of amides is 4. The van der Waals surface area contributed by atoms with Crippen LogP contribution in [0.3, 0.4) is 0 Å². The molecule has 1 aliphatic rings. The summed E-state index contributed by atoms with van der Waals surface area (Å²) in [6.45, 7) is 6.93. The van der Waals surface area contributed by atoms with Crippen molar-refractivity contribution in [3.05, 3.63) is 12.7 Å². The van der Waals surface area contributed by atoms with Crippen molar-refractivity contribution in [1.29, 1.82) is 0 Å². The van der Waals surface area contributed by atoms with Gasteiger partial charge in [0, 0.05) is 5.75 Å². The van der Waals surface area contributed by atoms with E-state index in [0.717, 1.165) is 4.90 Å². The molecule has 1 fully saturated rings. The Morgan fingerprint density at radius 3 is 2.71 bits per heavy atom. The maximum Gasteiger partial charge on any atom is 0.325 e. The van der Waals surface area contributed by atoms with Gasteiger partial charge in [-0.2, -0.15) is 0 Å². The maximum absolute atomic E-state index is 12.4. The van der Waals surface area contributed by atoms with E-state index in [-0.39, 0.29) is 12.5 Å². The van der Waals surface area contributed by atoms with Gasteiger partial charge in [-0.25, -0.2) is 4.79 Å². The third-order valence-electron chi connectivity index (χ3n) is 3.73. The van der Waals surface area contributed by atoms with Crippen molar-refractivity contribution in [3.63, 3.8) is 0 Å². The third kappa shape index (κ3) is 3.75.